The number of benzene rings is 2. The fourth-order valence-electron chi connectivity index (χ4n) is 4.41. The molecule has 0 saturated carbocycles. The maximum absolute atomic E-state index is 13.5. The lowest BCUT2D eigenvalue weighted by molar-refractivity contribution is 0.181. The van der Waals surface area contributed by atoms with Crippen LogP contribution in [0.5, 0.6) is 11.5 Å². The Morgan fingerprint density at radius 1 is 1.03 bits per heavy atom. The molecule has 182 valence electrons. The summed E-state index contributed by atoms with van der Waals surface area (Å²) in [5.41, 5.74) is 3.80. The molecule has 5 aromatic rings. The molecule has 6 rings (SSSR count). The average molecular weight is 487 g/mol. The quantitative estimate of drug-likeness (QED) is 0.374. The van der Waals surface area contributed by atoms with Gasteiger partial charge in [-0.2, -0.15) is 5.10 Å². The van der Waals surface area contributed by atoms with Crippen LogP contribution in [0.4, 0.5) is 4.39 Å². The maximum atomic E-state index is 13.5. The summed E-state index contributed by atoms with van der Waals surface area (Å²) in [6.07, 6.45) is 2.54. The Hall–Kier alpha value is -4.31. The Bertz CT molecular complexity index is 1650. The third-order valence-corrected chi connectivity index (χ3v) is 6.10. The van der Waals surface area contributed by atoms with Crippen molar-refractivity contribution in [3.63, 3.8) is 0 Å². The number of rotatable bonds is 5. The molecule has 1 aliphatic rings. The van der Waals surface area contributed by atoms with Gasteiger partial charge in [0.25, 0.3) is 5.56 Å². The summed E-state index contributed by atoms with van der Waals surface area (Å²) in [5.74, 6) is 1.04. The third kappa shape index (κ3) is 3.85. The standard InChI is InChI=1S/C26H22FN5O4/c1-34-15-19-23(17-4-6-18(27)7-5-17)25-29-28-24-20(32(25)30-19)9-10-31(26(24)33)14-16-3-8-21-22(13-16)36-12-2-11-35-21/h3-10,13H,2,11-12,14-15H2,1H3. The molecule has 0 amide bonds. The monoisotopic (exact) mass is 487 g/mol. The van der Waals surface area contributed by atoms with Gasteiger partial charge in [0.05, 0.1) is 37.6 Å². The zero-order chi connectivity index (χ0) is 24.6. The second kappa shape index (κ2) is 9.04. The van der Waals surface area contributed by atoms with Gasteiger partial charge in [-0.1, -0.05) is 18.2 Å². The molecule has 0 unspecified atom stereocenters. The van der Waals surface area contributed by atoms with E-state index in [1.807, 2.05) is 18.2 Å². The lowest BCUT2D eigenvalue weighted by Gasteiger charge is -2.11. The molecule has 0 saturated heterocycles. The molecular weight excluding hydrogens is 465 g/mol. The first-order valence-corrected chi connectivity index (χ1v) is 11.5. The van der Waals surface area contributed by atoms with Crippen LogP contribution in [0.1, 0.15) is 17.7 Å². The highest BCUT2D eigenvalue weighted by Gasteiger charge is 2.20. The number of hydrogen-bond donors (Lipinski definition) is 0. The van der Waals surface area contributed by atoms with Crippen molar-refractivity contribution in [2.45, 2.75) is 19.6 Å². The Kier molecular flexibility index (Phi) is 5.57. The van der Waals surface area contributed by atoms with E-state index >= 15 is 0 Å². The van der Waals surface area contributed by atoms with Crippen LogP contribution < -0.4 is 15.0 Å². The molecule has 0 spiro atoms. The Morgan fingerprint density at radius 3 is 2.64 bits per heavy atom. The first kappa shape index (κ1) is 22.2. The van der Waals surface area contributed by atoms with E-state index in [2.05, 4.69) is 15.3 Å². The summed E-state index contributed by atoms with van der Waals surface area (Å²) in [4.78, 5) is 13.3. The molecule has 0 N–H and O–H groups in total. The number of nitrogens with zero attached hydrogens (tertiary/aromatic N) is 5. The minimum Gasteiger partial charge on any atom is -0.490 e. The van der Waals surface area contributed by atoms with Gasteiger partial charge in [-0.15, -0.1) is 10.2 Å². The fraction of sp³-hybridized carbons (Fsp3) is 0.231. The van der Waals surface area contributed by atoms with Crippen LogP contribution in [0.3, 0.4) is 0 Å². The van der Waals surface area contributed by atoms with Crippen LogP contribution in [0, 0.1) is 5.82 Å². The number of hydrogen-bond acceptors (Lipinski definition) is 7. The highest BCUT2D eigenvalue weighted by Crippen LogP contribution is 2.31. The van der Waals surface area contributed by atoms with Crippen molar-refractivity contribution in [3.05, 3.63) is 82.2 Å². The summed E-state index contributed by atoms with van der Waals surface area (Å²) >= 11 is 0. The van der Waals surface area contributed by atoms with Crippen molar-refractivity contribution >= 4 is 16.7 Å². The molecule has 36 heavy (non-hydrogen) atoms. The number of methoxy groups -OCH3 is 1. The lowest BCUT2D eigenvalue weighted by Crippen LogP contribution is -2.22. The van der Waals surface area contributed by atoms with E-state index in [9.17, 15) is 9.18 Å². The number of ether oxygens (including phenoxy) is 3. The predicted molar refractivity (Wildman–Crippen MR) is 130 cm³/mol. The predicted octanol–water partition coefficient (Wildman–Crippen LogP) is 3.60. The molecule has 0 radical (unpaired) electrons. The molecular formula is C26H22FN5O4. The van der Waals surface area contributed by atoms with Crippen LogP contribution in [0.25, 0.3) is 27.8 Å². The van der Waals surface area contributed by atoms with E-state index in [1.165, 1.54) is 12.1 Å². The summed E-state index contributed by atoms with van der Waals surface area (Å²) < 4.78 is 33.5. The van der Waals surface area contributed by atoms with Gasteiger partial charge >= 0.3 is 0 Å². The van der Waals surface area contributed by atoms with Gasteiger partial charge in [-0.05, 0) is 41.5 Å². The van der Waals surface area contributed by atoms with Crippen molar-refractivity contribution in [2.75, 3.05) is 20.3 Å². The van der Waals surface area contributed by atoms with Crippen molar-refractivity contribution in [3.8, 4) is 22.6 Å². The van der Waals surface area contributed by atoms with Crippen LogP contribution in [-0.2, 0) is 17.9 Å². The van der Waals surface area contributed by atoms with Gasteiger partial charge in [0.2, 0.25) is 0 Å². The molecule has 0 fully saturated rings. The van der Waals surface area contributed by atoms with Crippen molar-refractivity contribution < 1.29 is 18.6 Å². The van der Waals surface area contributed by atoms with Crippen LogP contribution in [0.2, 0.25) is 0 Å². The molecule has 1 aliphatic heterocycles. The topological polar surface area (TPSA) is 92.8 Å². The van der Waals surface area contributed by atoms with E-state index in [-0.39, 0.29) is 23.5 Å². The van der Waals surface area contributed by atoms with E-state index in [1.54, 1.807) is 40.6 Å². The fourth-order valence-corrected chi connectivity index (χ4v) is 4.41. The second-order valence-electron chi connectivity index (χ2n) is 8.51. The summed E-state index contributed by atoms with van der Waals surface area (Å²) in [6.45, 7) is 1.76. The molecule has 0 aliphatic carbocycles. The smallest absolute Gasteiger partial charge is 0.280 e. The minimum atomic E-state index is -0.339. The molecule has 3 aromatic heterocycles. The summed E-state index contributed by atoms with van der Waals surface area (Å²) in [7, 11) is 1.57. The number of pyridine rings is 1. The summed E-state index contributed by atoms with van der Waals surface area (Å²) in [5, 5.41) is 13.3. The van der Waals surface area contributed by atoms with Gasteiger partial charge in [-0.3, -0.25) is 4.79 Å². The molecule has 4 heterocycles. The van der Waals surface area contributed by atoms with Gasteiger partial charge < -0.3 is 18.8 Å². The van der Waals surface area contributed by atoms with Gasteiger partial charge in [0.15, 0.2) is 22.7 Å². The average Bonchev–Trinajstić information content (AvgIpc) is 3.09. The normalized spacial score (nSPS) is 13.3. The molecule has 0 atom stereocenters. The van der Waals surface area contributed by atoms with Crippen molar-refractivity contribution in [2.24, 2.45) is 0 Å². The number of fused-ring (bicyclic) bond motifs is 4. The molecule has 0 bridgehead atoms. The molecule has 10 heteroatoms. The van der Waals surface area contributed by atoms with Crippen molar-refractivity contribution in [1.82, 2.24) is 24.4 Å². The van der Waals surface area contributed by atoms with E-state index in [0.29, 0.717) is 53.7 Å². The zero-order valence-electron chi connectivity index (χ0n) is 19.5. The molecule has 2 aromatic carbocycles. The van der Waals surface area contributed by atoms with E-state index < -0.39 is 0 Å². The van der Waals surface area contributed by atoms with Gasteiger partial charge in [0.1, 0.15) is 11.3 Å². The first-order valence-electron chi connectivity index (χ1n) is 11.5. The highest BCUT2D eigenvalue weighted by atomic mass is 19.1. The van der Waals surface area contributed by atoms with Crippen LogP contribution in [0.15, 0.2) is 59.5 Å². The maximum Gasteiger partial charge on any atom is 0.280 e. The zero-order valence-corrected chi connectivity index (χ0v) is 19.5. The number of halogens is 1. The highest BCUT2D eigenvalue weighted by molar-refractivity contribution is 5.84. The van der Waals surface area contributed by atoms with Gasteiger partial charge in [0, 0.05) is 19.7 Å². The minimum absolute atomic E-state index is 0.191. The second-order valence-corrected chi connectivity index (χ2v) is 8.51. The lowest BCUT2D eigenvalue weighted by atomic mass is 10.1. The molecule has 9 nitrogen and oxygen atoms in total. The van der Waals surface area contributed by atoms with Crippen LogP contribution in [-0.4, -0.2) is 44.7 Å². The van der Waals surface area contributed by atoms with Crippen molar-refractivity contribution in [1.29, 1.82) is 0 Å². The largest absolute Gasteiger partial charge is 0.490 e. The Morgan fingerprint density at radius 2 is 1.83 bits per heavy atom. The first-order chi connectivity index (χ1) is 17.6. The third-order valence-electron chi connectivity index (χ3n) is 6.10. The Balaban J connectivity index is 1.43. The Labute approximate surface area is 204 Å². The van der Waals surface area contributed by atoms with Gasteiger partial charge in [-0.25, -0.2) is 8.91 Å². The SMILES string of the molecule is COCc1nn2c(nnc3c(=O)n(Cc4ccc5c(c4)OCCCO5)ccc32)c1-c1ccc(F)cc1. The number of aromatic nitrogens is 5. The summed E-state index contributed by atoms with van der Waals surface area (Å²) in [6, 6.07) is 13.5. The van der Waals surface area contributed by atoms with E-state index in [0.717, 1.165) is 17.5 Å². The van der Waals surface area contributed by atoms with Crippen LogP contribution >= 0.6 is 0 Å². The van der Waals surface area contributed by atoms with E-state index in [4.69, 9.17) is 14.2 Å².